The van der Waals surface area contributed by atoms with Crippen LogP contribution in [0.15, 0.2) is 79.3 Å². The zero-order valence-electron chi connectivity index (χ0n) is 19.8. The fourth-order valence-electron chi connectivity index (χ4n) is 3.03. The second-order valence-corrected chi connectivity index (χ2v) is 8.53. The molecule has 5 aromatic rings. The number of rotatable bonds is 3. The van der Waals surface area contributed by atoms with Gasteiger partial charge in [-0.3, -0.25) is 18.7 Å². The summed E-state index contributed by atoms with van der Waals surface area (Å²) in [5.41, 5.74) is 1.01. The Labute approximate surface area is 222 Å². The van der Waals surface area contributed by atoms with Crippen molar-refractivity contribution in [2.45, 2.75) is 26.2 Å². The quantitative estimate of drug-likeness (QED) is 0.234. The van der Waals surface area contributed by atoms with Crippen LogP contribution in [0, 0.1) is 24.0 Å². The van der Waals surface area contributed by atoms with E-state index in [1.165, 1.54) is 0 Å². The molecule has 36 heavy (non-hydrogen) atoms. The summed E-state index contributed by atoms with van der Waals surface area (Å²) in [6.07, 6.45) is 7.64. The Kier molecular flexibility index (Phi) is 8.88. The van der Waals surface area contributed by atoms with E-state index in [0.29, 0.717) is 11.4 Å². The third-order valence-corrected chi connectivity index (χ3v) is 4.81. The molecule has 0 aliphatic carbocycles. The van der Waals surface area contributed by atoms with Gasteiger partial charge in [0.15, 0.2) is 0 Å². The Hall–Kier alpha value is -3.64. The summed E-state index contributed by atoms with van der Waals surface area (Å²) in [5, 5.41) is 4.34. The summed E-state index contributed by atoms with van der Waals surface area (Å²) >= 11 is 0. The van der Waals surface area contributed by atoms with Crippen molar-refractivity contribution >= 4 is 0 Å². The van der Waals surface area contributed by atoms with Crippen molar-refractivity contribution in [1.82, 2.24) is 29.7 Å². The molecule has 184 valence electrons. The van der Waals surface area contributed by atoms with Crippen LogP contribution in [0.1, 0.15) is 26.6 Å². The van der Waals surface area contributed by atoms with Crippen LogP contribution < -0.4 is 0 Å². The molecular weight excluding hydrogens is 641 g/mol. The molecule has 0 aliphatic heterocycles. The molecule has 0 fully saturated rings. The van der Waals surface area contributed by atoms with E-state index in [2.05, 4.69) is 58.2 Å². The molecule has 0 radical (unpaired) electrons. The smallest absolute Gasteiger partial charge is 0.349 e. The molecule has 0 saturated carbocycles. The van der Waals surface area contributed by atoms with Crippen LogP contribution >= 0.6 is 0 Å². The maximum Gasteiger partial charge on any atom is 2.00 e. The van der Waals surface area contributed by atoms with Crippen molar-refractivity contribution in [3.8, 4) is 28.3 Å². The first kappa shape index (κ1) is 27.0. The standard InChI is InChI=1S/C16H9F2N2.C11H13N4.Pt/c17-13-10-14(18)12(16-6-2-4-8-20-16)9-11(13)15-5-1-3-7-19-15;1-11(2,3)10-13-8-15(14-10)9-6-4-5-7-12-9;/h1-8,10H;4-7H,1-3H3;/q2*-1;+2. The average Bonchev–Trinajstić information content (AvgIpc) is 3.38. The first-order valence-corrected chi connectivity index (χ1v) is 10.8. The Morgan fingerprint density at radius 2 is 1.28 bits per heavy atom. The van der Waals surface area contributed by atoms with Gasteiger partial charge in [-0.15, -0.1) is 6.07 Å². The first-order valence-electron chi connectivity index (χ1n) is 10.8. The molecule has 0 unspecified atom stereocenters. The molecule has 0 bridgehead atoms. The van der Waals surface area contributed by atoms with E-state index in [9.17, 15) is 8.78 Å². The monoisotopic (exact) mass is 663 g/mol. The van der Waals surface area contributed by atoms with Crippen molar-refractivity contribution in [2.75, 3.05) is 0 Å². The third-order valence-electron chi connectivity index (χ3n) is 4.81. The average molecular weight is 664 g/mol. The number of hydrogen-bond acceptors (Lipinski definition) is 5. The Morgan fingerprint density at radius 1 is 0.750 bits per heavy atom. The molecule has 4 heterocycles. The van der Waals surface area contributed by atoms with E-state index >= 15 is 0 Å². The van der Waals surface area contributed by atoms with Gasteiger partial charge in [-0.05, 0) is 23.6 Å². The van der Waals surface area contributed by atoms with Crippen molar-refractivity contribution in [3.63, 3.8) is 0 Å². The van der Waals surface area contributed by atoms with Crippen LogP contribution in [-0.4, -0.2) is 29.7 Å². The summed E-state index contributed by atoms with van der Waals surface area (Å²) in [5.74, 6) is 0.121. The fourth-order valence-corrected chi connectivity index (χ4v) is 3.03. The molecule has 0 N–H and O–H groups in total. The van der Waals surface area contributed by atoms with E-state index in [-0.39, 0.29) is 37.6 Å². The Balaban J connectivity index is 0.000000203. The van der Waals surface area contributed by atoms with Gasteiger partial charge in [-0.1, -0.05) is 74.4 Å². The molecule has 0 amide bonds. The molecule has 0 spiro atoms. The Bertz CT molecular complexity index is 1330. The largest absolute Gasteiger partial charge is 2.00 e. The van der Waals surface area contributed by atoms with Crippen LogP contribution in [0.2, 0.25) is 0 Å². The summed E-state index contributed by atoms with van der Waals surface area (Å²) < 4.78 is 29.4. The molecule has 6 nitrogen and oxygen atoms in total. The van der Waals surface area contributed by atoms with Gasteiger partial charge in [0.05, 0.1) is 23.3 Å². The SMILES string of the molecule is CC(C)(C)c1n[c-]n(-c2ccccn2)n1.Fc1cc(F)c(-c2ccccn2)[c-]c1-c1ccccn1.[Pt+2]. The summed E-state index contributed by atoms with van der Waals surface area (Å²) in [7, 11) is 0. The number of aromatic nitrogens is 6. The molecule has 0 aliphatic rings. The van der Waals surface area contributed by atoms with Gasteiger partial charge < -0.3 is 14.6 Å². The number of nitrogens with zero attached hydrogens (tertiary/aromatic N) is 6. The molecule has 1 aromatic carbocycles. The zero-order valence-corrected chi connectivity index (χ0v) is 22.0. The molecule has 4 aromatic heterocycles. The summed E-state index contributed by atoms with van der Waals surface area (Å²) in [6, 6.07) is 19.4. The maximum atomic E-state index is 13.9. The fraction of sp³-hybridized carbons (Fsp3) is 0.148. The number of benzene rings is 1. The van der Waals surface area contributed by atoms with E-state index in [4.69, 9.17) is 0 Å². The van der Waals surface area contributed by atoms with E-state index in [1.807, 2.05) is 18.2 Å². The van der Waals surface area contributed by atoms with Crippen molar-refractivity contribution < 1.29 is 29.8 Å². The van der Waals surface area contributed by atoms with Crippen LogP contribution in [0.3, 0.4) is 0 Å². The maximum absolute atomic E-state index is 13.9. The van der Waals surface area contributed by atoms with Crippen molar-refractivity contribution in [2.24, 2.45) is 0 Å². The number of hydrogen-bond donors (Lipinski definition) is 0. The normalized spacial score (nSPS) is 10.7. The Morgan fingerprint density at radius 3 is 1.69 bits per heavy atom. The van der Waals surface area contributed by atoms with Gasteiger partial charge in [-0.2, -0.15) is 0 Å². The van der Waals surface area contributed by atoms with Gasteiger partial charge in [0.1, 0.15) is 0 Å². The predicted octanol–water partition coefficient (Wildman–Crippen LogP) is 5.65. The van der Waals surface area contributed by atoms with E-state index in [1.54, 1.807) is 59.7 Å². The van der Waals surface area contributed by atoms with Crippen molar-refractivity contribution in [1.29, 1.82) is 0 Å². The van der Waals surface area contributed by atoms with Gasteiger partial charge in [0.25, 0.3) is 0 Å². The molecule has 0 saturated heterocycles. The minimum atomic E-state index is -0.694. The van der Waals surface area contributed by atoms with Gasteiger partial charge in [-0.25, -0.2) is 5.10 Å². The van der Waals surface area contributed by atoms with Gasteiger partial charge in [0.2, 0.25) is 0 Å². The molecule has 0 atom stereocenters. The van der Waals surface area contributed by atoms with E-state index in [0.717, 1.165) is 17.7 Å². The first-order chi connectivity index (χ1) is 16.8. The van der Waals surface area contributed by atoms with Crippen LogP contribution in [0.5, 0.6) is 0 Å². The number of halogens is 2. The summed E-state index contributed by atoms with van der Waals surface area (Å²) in [4.78, 5) is 16.4. The third kappa shape index (κ3) is 6.52. The van der Waals surface area contributed by atoms with Crippen LogP contribution in [0.25, 0.3) is 28.3 Å². The minimum Gasteiger partial charge on any atom is -0.349 e. The second kappa shape index (κ2) is 11.9. The van der Waals surface area contributed by atoms with Crippen LogP contribution in [0.4, 0.5) is 8.78 Å². The van der Waals surface area contributed by atoms with Gasteiger partial charge >= 0.3 is 21.1 Å². The van der Waals surface area contributed by atoms with Gasteiger partial charge in [0, 0.05) is 36.3 Å². The predicted molar refractivity (Wildman–Crippen MR) is 128 cm³/mol. The van der Waals surface area contributed by atoms with Crippen LogP contribution in [-0.2, 0) is 26.5 Å². The topological polar surface area (TPSA) is 69.4 Å². The molecular formula is C27H22F2N6Pt. The minimum absolute atomic E-state index is 0. The molecule has 9 heteroatoms. The van der Waals surface area contributed by atoms with Crippen molar-refractivity contribution in [3.05, 3.63) is 109 Å². The summed E-state index contributed by atoms with van der Waals surface area (Å²) in [6.45, 7) is 6.21. The molecule has 5 rings (SSSR count). The second-order valence-electron chi connectivity index (χ2n) is 8.53. The zero-order chi connectivity index (χ0) is 24.8. The number of pyridine rings is 3. The van der Waals surface area contributed by atoms with E-state index < -0.39 is 11.6 Å².